The van der Waals surface area contributed by atoms with Crippen molar-refractivity contribution in [2.75, 3.05) is 5.32 Å². The van der Waals surface area contributed by atoms with Crippen molar-refractivity contribution >= 4 is 29.2 Å². The van der Waals surface area contributed by atoms with E-state index in [-0.39, 0.29) is 11.5 Å². The van der Waals surface area contributed by atoms with E-state index in [9.17, 15) is 9.59 Å². The van der Waals surface area contributed by atoms with Crippen LogP contribution in [-0.2, 0) is 6.54 Å². The number of carbonyl (C=O) groups is 2. The van der Waals surface area contributed by atoms with Crippen LogP contribution in [0, 0.1) is 0 Å². The summed E-state index contributed by atoms with van der Waals surface area (Å²) in [5.74, 6) is -1.28. The number of aromatic nitrogens is 1. The minimum Gasteiger partial charge on any atom is -0.478 e. The van der Waals surface area contributed by atoms with Gasteiger partial charge in [0, 0.05) is 18.4 Å². The first-order valence-corrected chi connectivity index (χ1v) is 6.89. The highest BCUT2D eigenvalue weighted by atomic mass is 35.5. The molecule has 5 nitrogen and oxygen atoms in total. The molecule has 110 valence electrons. The van der Waals surface area contributed by atoms with Crippen molar-refractivity contribution in [1.29, 1.82) is 0 Å². The Kier molecular flexibility index (Phi) is 4.65. The van der Waals surface area contributed by atoms with Gasteiger partial charge in [-0.25, -0.2) is 4.79 Å². The summed E-state index contributed by atoms with van der Waals surface area (Å²) in [7, 11) is 0. The molecule has 2 N–H and O–H groups in total. The first-order chi connectivity index (χ1) is 10.0. The number of hydrogen-bond donors (Lipinski definition) is 2. The summed E-state index contributed by atoms with van der Waals surface area (Å²) >= 11 is 5.94. The number of carbonyl (C=O) groups excluding carboxylic acids is 1. The van der Waals surface area contributed by atoms with Gasteiger partial charge < -0.3 is 15.0 Å². The topological polar surface area (TPSA) is 71.3 Å². The second-order valence-electron chi connectivity index (χ2n) is 4.57. The van der Waals surface area contributed by atoms with Crippen molar-refractivity contribution in [3.63, 3.8) is 0 Å². The van der Waals surface area contributed by atoms with Crippen LogP contribution in [0.1, 0.15) is 34.2 Å². The lowest BCUT2D eigenvalue weighted by Gasteiger charge is -2.08. The molecule has 0 unspecified atom stereocenters. The fraction of sp³-hybridized carbons (Fsp3) is 0.200. The highest BCUT2D eigenvalue weighted by Gasteiger charge is 2.13. The average molecular weight is 307 g/mol. The second kappa shape index (κ2) is 6.45. The van der Waals surface area contributed by atoms with Gasteiger partial charge in [0.25, 0.3) is 5.91 Å². The summed E-state index contributed by atoms with van der Waals surface area (Å²) in [5.41, 5.74) is 1.18. The van der Waals surface area contributed by atoms with E-state index in [0.717, 1.165) is 6.42 Å². The molecule has 0 saturated carbocycles. The van der Waals surface area contributed by atoms with Gasteiger partial charge in [-0.2, -0.15) is 0 Å². The first kappa shape index (κ1) is 15.1. The molecule has 1 amide bonds. The monoisotopic (exact) mass is 306 g/mol. The van der Waals surface area contributed by atoms with E-state index in [2.05, 4.69) is 5.32 Å². The van der Waals surface area contributed by atoms with E-state index in [4.69, 9.17) is 16.7 Å². The van der Waals surface area contributed by atoms with Gasteiger partial charge in [-0.15, -0.1) is 0 Å². The summed E-state index contributed by atoms with van der Waals surface area (Å²) in [6.07, 6.45) is 2.60. The predicted molar refractivity (Wildman–Crippen MR) is 81.1 cm³/mol. The van der Waals surface area contributed by atoms with Gasteiger partial charge in [-0.3, -0.25) is 4.79 Å². The minimum absolute atomic E-state index is 0.172. The molecule has 1 aromatic carbocycles. The van der Waals surface area contributed by atoms with Gasteiger partial charge in [0.2, 0.25) is 0 Å². The zero-order chi connectivity index (χ0) is 15.4. The van der Waals surface area contributed by atoms with Crippen LogP contribution in [0.4, 0.5) is 5.69 Å². The quantitative estimate of drug-likeness (QED) is 0.888. The van der Waals surface area contributed by atoms with Gasteiger partial charge >= 0.3 is 5.97 Å². The fourth-order valence-electron chi connectivity index (χ4n) is 1.98. The molecule has 0 aliphatic rings. The van der Waals surface area contributed by atoms with Crippen LogP contribution in [0.3, 0.4) is 0 Å². The zero-order valence-electron chi connectivity index (χ0n) is 11.5. The van der Waals surface area contributed by atoms with Crippen molar-refractivity contribution in [2.24, 2.45) is 0 Å². The second-order valence-corrected chi connectivity index (χ2v) is 5.01. The molecule has 0 aliphatic heterocycles. The molecule has 1 aromatic heterocycles. The third-order valence-electron chi connectivity index (χ3n) is 2.95. The largest absolute Gasteiger partial charge is 0.478 e. The molecule has 1 heterocycles. The van der Waals surface area contributed by atoms with Gasteiger partial charge in [-0.05, 0) is 36.8 Å². The lowest BCUT2D eigenvalue weighted by atomic mass is 10.2. The number of carboxylic acids is 1. The Morgan fingerprint density at radius 3 is 2.52 bits per heavy atom. The number of amides is 1. The first-order valence-electron chi connectivity index (χ1n) is 6.51. The van der Waals surface area contributed by atoms with Gasteiger partial charge in [-0.1, -0.05) is 18.5 Å². The van der Waals surface area contributed by atoms with Crippen molar-refractivity contribution in [3.05, 3.63) is 52.8 Å². The van der Waals surface area contributed by atoms with Crippen LogP contribution in [0.5, 0.6) is 0 Å². The number of halogens is 1. The summed E-state index contributed by atoms with van der Waals surface area (Å²) in [4.78, 5) is 23.0. The predicted octanol–water partition coefficient (Wildman–Crippen LogP) is 3.50. The van der Waals surface area contributed by atoms with Crippen LogP contribution in [0.15, 0.2) is 36.5 Å². The Bertz CT molecular complexity index is 662. The van der Waals surface area contributed by atoms with Crippen LogP contribution in [0.2, 0.25) is 5.02 Å². The van der Waals surface area contributed by atoms with Crippen LogP contribution in [0.25, 0.3) is 0 Å². The molecule has 2 aromatic rings. The maximum atomic E-state index is 12.2. The van der Waals surface area contributed by atoms with E-state index in [1.807, 2.05) is 6.92 Å². The summed E-state index contributed by atoms with van der Waals surface area (Å²) in [6, 6.07) is 7.59. The molecule has 0 saturated heterocycles. The molecule has 6 heteroatoms. The summed E-state index contributed by atoms with van der Waals surface area (Å²) < 4.78 is 1.79. The highest BCUT2D eigenvalue weighted by Crippen LogP contribution is 2.17. The number of carboxylic acid groups (broad SMARTS) is 1. The van der Waals surface area contributed by atoms with E-state index in [1.54, 1.807) is 29.0 Å². The highest BCUT2D eigenvalue weighted by molar-refractivity contribution is 6.31. The number of benzene rings is 1. The van der Waals surface area contributed by atoms with E-state index >= 15 is 0 Å². The number of nitrogens with zero attached hydrogens (tertiary/aromatic N) is 1. The molecular weight excluding hydrogens is 292 g/mol. The van der Waals surface area contributed by atoms with Crippen molar-refractivity contribution in [1.82, 2.24) is 4.57 Å². The third-order valence-corrected chi connectivity index (χ3v) is 3.16. The maximum absolute atomic E-state index is 12.2. The number of rotatable bonds is 5. The molecule has 2 rings (SSSR count). The summed E-state index contributed by atoms with van der Waals surface area (Å²) in [5, 5.41) is 12.1. The molecule has 0 aliphatic carbocycles. The Morgan fingerprint density at radius 1 is 1.29 bits per heavy atom. The smallest absolute Gasteiger partial charge is 0.335 e. The molecule has 0 fully saturated rings. The maximum Gasteiger partial charge on any atom is 0.335 e. The molecule has 0 bridgehead atoms. The standard InChI is InChI=1S/C15H15ClN2O3/c1-2-7-18-9-11(16)8-13(18)14(19)17-12-5-3-10(4-6-12)15(20)21/h3-6,8-9H,2,7H2,1H3,(H,17,19)(H,20,21). The van der Waals surface area contributed by atoms with Gasteiger partial charge in [0.1, 0.15) is 5.69 Å². The Labute approximate surface area is 127 Å². The van der Waals surface area contributed by atoms with E-state index in [0.29, 0.717) is 22.9 Å². The van der Waals surface area contributed by atoms with Crippen LogP contribution in [-0.4, -0.2) is 21.6 Å². The van der Waals surface area contributed by atoms with Gasteiger partial charge in [0.05, 0.1) is 10.6 Å². The number of aromatic carboxylic acids is 1. The van der Waals surface area contributed by atoms with Crippen molar-refractivity contribution < 1.29 is 14.7 Å². The SMILES string of the molecule is CCCn1cc(Cl)cc1C(=O)Nc1ccc(C(=O)O)cc1. The summed E-state index contributed by atoms with van der Waals surface area (Å²) in [6.45, 7) is 2.72. The number of nitrogens with one attached hydrogen (secondary N) is 1. The van der Waals surface area contributed by atoms with Crippen molar-refractivity contribution in [3.8, 4) is 0 Å². The van der Waals surface area contributed by atoms with Crippen molar-refractivity contribution in [2.45, 2.75) is 19.9 Å². The average Bonchev–Trinajstić information content (AvgIpc) is 2.81. The number of aryl methyl sites for hydroxylation is 1. The van der Waals surface area contributed by atoms with E-state index < -0.39 is 5.97 Å². The fourth-order valence-corrected chi connectivity index (χ4v) is 2.20. The molecule has 21 heavy (non-hydrogen) atoms. The molecule has 0 radical (unpaired) electrons. The van der Waals surface area contributed by atoms with Crippen LogP contribution < -0.4 is 5.32 Å². The van der Waals surface area contributed by atoms with Crippen LogP contribution >= 0.6 is 11.6 Å². The Hall–Kier alpha value is -2.27. The number of hydrogen-bond acceptors (Lipinski definition) is 2. The lowest BCUT2D eigenvalue weighted by Crippen LogP contribution is -2.16. The molecular formula is C15H15ClN2O3. The van der Waals surface area contributed by atoms with Gasteiger partial charge in [0.15, 0.2) is 0 Å². The molecule has 0 spiro atoms. The Balaban J connectivity index is 2.15. The molecule has 0 atom stereocenters. The minimum atomic E-state index is -1.00. The van der Waals surface area contributed by atoms with E-state index in [1.165, 1.54) is 12.1 Å². The Morgan fingerprint density at radius 2 is 1.95 bits per heavy atom. The number of anilines is 1. The zero-order valence-corrected chi connectivity index (χ0v) is 12.2. The lowest BCUT2D eigenvalue weighted by molar-refractivity contribution is 0.0696. The third kappa shape index (κ3) is 3.64. The normalized spacial score (nSPS) is 10.4.